The maximum atomic E-state index is 12.7. The average molecular weight is 399 g/mol. The molecule has 0 fully saturated rings. The summed E-state index contributed by atoms with van der Waals surface area (Å²) in [7, 11) is 0. The number of benzene rings is 2. The molecule has 3 aromatic rings. The molecule has 0 saturated carbocycles. The van der Waals surface area contributed by atoms with Crippen molar-refractivity contribution in [3.63, 3.8) is 0 Å². The number of nitriles is 1. The van der Waals surface area contributed by atoms with Crippen molar-refractivity contribution in [2.75, 3.05) is 13.1 Å². The van der Waals surface area contributed by atoms with Crippen LogP contribution in [-0.2, 0) is 19.5 Å². The third-order valence-corrected chi connectivity index (χ3v) is 4.69. The van der Waals surface area contributed by atoms with Gasteiger partial charge >= 0.3 is 6.03 Å². The number of carbonyl (C=O) groups is 1. The van der Waals surface area contributed by atoms with Gasteiger partial charge in [-0.1, -0.05) is 48.5 Å². The monoisotopic (exact) mass is 399 g/mol. The topological polar surface area (TPSA) is 74.0 Å². The number of urea groups is 1. The van der Waals surface area contributed by atoms with Gasteiger partial charge < -0.3 is 14.8 Å². The number of nitrogens with zero attached hydrogens (tertiary/aromatic N) is 4. The van der Waals surface area contributed by atoms with Gasteiger partial charge in [-0.15, -0.1) is 6.58 Å². The van der Waals surface area contributed by atoms with Crippen molar-refractivity contribution in [2.24, 2.45) is 0 Å². The lowest BCUT2D eigenvalue weighted by molar-refractivity contribution is 0.201. The molecule has 0 aliphatic carbocycles. The molecule has 152 valence electrons. The molecule has 0 aliphatic heterocycles. The Hall–Kier alpha value is -3.85. The fourth-order valence-electron chi connectivity index (χ4n) is 3.22. The molecule has 0 radical (unpaired) electrons. The smallest absolute Gasteiger partial charge is 0.317 e. The van der Waals surface area contributed by atoms with E-state index in [2.05, 4.69) is 39.6 Å². The second-order valence-corrected chi connectivity index (χ2v) is 6.92. The summed E-state index contributed by atoms with van der Waals surface area (Å²) >= 11 is 0. The van der Waals surface area contributed by atoms with Crippen LogP contribution in [0, 0.1) is 11.3 Å². The lowest BCUT2D eigenvalue weighted by Gasteiger charge is -2.22. The van der Waals surface area contributed by atoms with Crippen molar-refractivity contribution in [2.45, 2.75) is 19.5 Å². The van der Waals surface area contributed by atoms with E-state index in [4.69, 9.17) is 5.26 Å². The Kier molecular flexibility index (Phi) is 7.39. The van der Waals surface area contributed by atoms with Gasteiger partial charge in [0.05, 0.1) is 11.6 Å². The maximum absolute atomic E-state index is 12.7. The van der Waals surface area contributed by atoms with Gasteiger partial charge in [0.15, 0.2) is 0 Å². The summed E-state index contributed by atoms with van der Waals surface area (Å²) in [5, 5.41) is 12.0. The second kappa shape index (κ2) is 10.6. The molecule has 6 heteroatoms. The van der Waals surface area contributed by atoms with E-state index in [1.165, 1.54) is 5.56 Å². The van der Waals surface area contributed by atoms with Gasteiger partial charge in [0.1, 0.15) is 5.82 Å². The number of aromatic nitrogens is 2. The predicted molar refractivity (Wildman–Crippen MR) is 117 cm³/mol. The van der Waals surface area contributed by atoms with E-state index in [1.807, 2.05) is 36.5 Å². The van der Waals surface area contributed by atoms with Crippen LogP contribution < -0.4 is 5.32 Å². The van der Waals surface area contributed by atoms with Crippen LogP contribution in [0.4, 0.5) is 4.79 Å². The van der Waals surface area contributed by atoms with Gasteiger partial charge in [-0.25, -0.2) is 9.78 Å². The minimum absolute atomic E-state index is 0.168. The minimum atomic E-state index is -0.168. The molecule has 0 atom stereocenters. The van der Waals surface area contributed by atoms with Crippen LogP contribution in [0.25, 0.3) is 0 Å². The molecule has 30 heavy (non-hydrogen) atoms. The molecule has 2 amide bonds. The van der Waals surface area contributed by atoms with Crippen molar-refractivity contribution >= 4 is 6.03 Å². The molecular formula is C24H25N5O. The summed E-state index contributed by atoms with van der Waals surface area (Å²) in [6, 6.07) is 19.4. The zero-order valence-corrected chi connectivity index (χ0v) is 16.9. The van der Waals surface area contributed by atoms with Gasteiger partial charge in [0.2, 0.25) is 0 Å². The summed E-state index contributed by atoms with van der Waals surface area (Å²) in [6.45, 7) is 5.81. The van der Waals surface area contributed by atoms with Crippen LogP contribution in [0.1, 0.15) is 22.5 Å². The Morgan fingerprint density at radius 1 is 1.20 bits per heavy atom. The maximum Gasteiger partial charge on any atom is 0.317 e. The first kappa shape index (κ1) is 20.9. The number of rotatable bonds is 9. The lowest BCUT2D eigenvalue weighted by atomic mass is 10.1. The Morgan fingerprint density at radius 2 is 2.00 bits per heavy atom. The van der Waals surface area contributed by atoms with E-state index in [9.17, 15) is 4.79 Å². The average Bonchev–Trinajstić information content (AvgIpc) is 3.21. The third-order valence-electron chi connectivity index (χ3n) is 4.69. The number of amides is 2. The molecule has 0 bridgehead atoms. The van der Waals surface area contributed by atoms with E-state index in [1.54, 1.807) is 29.3 Å². The Labute approximate surface area is 177 Å². The van der Waals surface area contributed by atoms with Gasteiger partial charge in [0.25, 0.3) is 0 Å². The molecule has 1 heterocycles. The van der Waals surface area contributed by atoms with Crippen molar-refractivity contribution in [1.29, 1.82) is 5.26 Å². The standard InChI is InChI=1S/C24H25N5O/c1-2-14-29(19-22-10-6-9-21(16-22)17-25)24(30)27-12-11-23-26-13-15-28(23)18-20-7-4-3-5-8-20/h2-10,13,15-16H,1,11-12,14,18-19H2,(H,27,30). The molecule has 1 aromatic heterocycles. The molecule has 0 saturated heterocycles. The van der Waals surface area contributed by atoms with Crippen LogP contribution in [0.2, 0.25) is 0 Å². The number of carbonyl (C=O) groups excluding carboxylic acids is 1. The first-order valence-corrected chi connectivity index (χ1v) is 9.86. The van der Waals surface area contributed by atoms with Gasteiger partial charge in [-0.05, 0) is 23.3 Å². The molecule has 0 aliphatic rings. The summed E-state index contributed by atoms with van der Waals surface area (Å²) in [5.41, 5.74) is 2.69. The van der Waals surface area contributed by atoms with Gasteiger partial charge in [-0.2, -0.15) is 5.26 Å². The molecule has 3 rings (SSSR count). The first-order valence-electron chi connectivity index (χ1n) is 9.86. The first-order chi connectivity index (χ1) is 14.7. The summed E-state index contributed by atoms with van der Waals surface area (Å²) in [6.07, 6.45) is 6.07. The number of nitrogens with one attached hydrogen (secondary N) is 1. The normalized spacial score (nSPS) is 10.2. The highest BCUT2D eigenvalue weighted by atomic mass is 16.2. The summed E-state index contributed by atoms with van der Waals surface area (Å²) in [5.74, 6) is 0.927. The van der Waals surface area contributed by atoms with Crippen LogP contribution in [0.5, 0.6) is 0 Å². The van der Waals surface area contributed by atoms with Gasteiger partial charge in [0, 0.05) is 45.0 Å². The van der Waals surface area contributed by atoms with E-state index in [0.717, 1.165) is 17.9 Å². The highest BCUT2D eigenvalue weighted by Crippen LogP contribution is 2.09. The Balaban J connectivity index is 1.55. The molecule has 2 aromatic carbocycles. The van der Waals surface area contributed by atoms with E-state index >= 15 is 0 Å². The summed E-state index contributed by atoms with van der Waals surface area (Å²) in [4.78, 5) is 18.8. The summed E-state index contributed by atoms with van der Waals surface area (Å²) < 4.78 is 2.09. The number of hydrogen-bond acceptors (Lipinski definition) is 3. The van der Waals surface area contributed by atoms with E-state index in [-0.39, 0.29) is 6.03 Å². The fourth-order valence-corrected chi connectivity index (χ4v) is 3.22. The Bertz CT molecular complexity index is 1020. The highest BCUT2D eigenvalue weighted by Gasteiger charge is 2.13. The minimum Gasteiger partial charge on any atom is -0.338 e. The zero-order valence-electron chi connectivity index (χ0n) is 16.9. The van der Waals surface area contributed by atoms with Crippen molar-refractivity contribution in [3.05, 3.63) is 102 Å². The lowest BCUT2D eigenvalue weighted by Crippen LogP contribution is -2.40. The van der Waals surface area contributed by atoms with Crippen LogP contribution >= 0.6 is 0 Å². The van der Waals surface area contributed by atoms with Crippen molar-refractivity contribution in [1.82, 2.24) is 19.8 Å². The second-order valence-electron chi connectivity index (χ2n) is 6.92. The van der Waals surface area contributed by atoms with Gasteiger partial charge in [-0.3, -0.25) is 0 Å². The van der Waals surface area contributed by atoms with Crippen molar-refractivity contribution < 1.29 is 4.79 Å². The quantitative estimate of drug-likeness (QED) is 0.557. The van der Waals surface area contributed by atoms with Crippen LogP contribution in [-0.4, -0.2) is 33.6 Å². The molecule has 0 unspecified atom stereocenters. The third kappa shape index (κ3) is 5.82. The fraction of sp³-hybridized carbons (Fsp3) is 0.208. The van der Waals surface area contributed by atoms with E-state index in [0.29, 0.717) is 31.6 Å². The molecule has 1 N–H and O–H groups in total. The molecular weight excluding hydrogens is 374 g/mol. The molecule has 0 spiro atoms. The largest absolute Gasteiger partial charge is 0.338 e. The number of hydrogen-bond donors (Lipinski definition) is 1. The van der Waals surface area contributed by atoms with Crippen LogP contribution in [0.15, 0.2) is 79.6 Å². The molecule has 6 nitrogen and oxygen atoms in total. The van der Waals surface area contributed by atoms with E-state index < -0.39 is 0 Å². The SMILES string of the molecule is C=CCN(Cc1cccc(C#N)c1)C(=O)NCCc1nccn1Cc1ccccc1. The zero-order chi connectivity index (χ0) is 21.2. The Morgan fingerprint density at radius 3 is 2.77 bits per heavy atom. The van der Waals surface area contributed by atoms with Crippen LogP contribution in [0.3, 0.4) is 0 Å². The number of imidazole rings is 1. The van der Waals surface area contributed by atoms with Crippen molar-refractivity contribution in [3.8, 4) is 6.07 Å². The highest BCUT2D eigenvalue weighted by molar-refractivity contribution is 5.74. The predicted octanol–water partition coefficient (Wildman–Crippen LogP) is 3.74.